The third-order valence-electron chi connectivity index (χ3n) is 1.94. The van der Waals surface area contributed by atoms with Gasteiger partial charge in [-0.2, -0.15) is 0 Å². The van der Waals surface area contributed by atoms with Crippen LogP contribution in [0.25, 0.3) is 0 Å². The molecule has 0 aliphatic carbocycles. The lowest BCUT2D eigenvalue weighted by Gasteiger charge is -2.14. The van der Waals surface area contributed by atoms with E-state index in [2.05, 4.69) is 15.5 Å². The van der Waals surface area contributed by atoms with Gasteiger partial charge in [0, 0.05) is 14.2 Å². The molecule has 0 saturated carbocycles. The van der Waals surface area contributed by atoms with Crippen molar-refractivity contribution in [1.29, 1.82) is 0 Å². The van der Waals surface area contributed by atoms with Crippen LogP contribution >= 0.6 is 0 Å². The van der Waals surface area contributed by atoms with E-state index in [9.17, 15) is 0 Å². The van der Waals surface area contributed by atoms with Crippen LogP contribution in [0.4, 0.5) is 0 Å². The van der Waals surface area contributed by atoms with Crippen molar-refractivity contribution in [1.82, 2.24) is 20.1 Å². The fraction of sp³-hybridized carbons (Fsp3) is 0.750. The number of hydrogen-bond donors (Lipinski definition) is 2. The summed E-state index contributed by atoms with van der Waals surface area (Å²) >= 11 is 0. The smallest absolute Gasteiger partial charge is 0.146 e. The number of methoxy groups -OCH3 is 1. The lowest BCUT2D eigenvalue weighted by atomic mass is 10.3. The topological polar surface area (TPSA) is 72.2 Å². The maximum absolute atomic E-state index is 8.97. The van der Waals surface area contributed by atoms with E-state index in [1.807, 2.05) is 11.6 Å². The highest BCUT2D eigenvalue weighted by Crippen LogP contribution is 1.92. The van der Waals surface area contributed by atoms with Gasteiger partial charge in [0.1, 0.15) is 12.2 Å². The molecule has 0 radical (unpaired) electrons. The molecule has 1 aromatic heterocycles. The highest BCUT2D eigenvalue weighted by molar-refractivity contribution is 4.84. The van der Waals surface area contributed by atoms with Crippen molar-refractivity contribution in [3.63, 3.8) is 0 Å². The van der Waals surface area contributed by atoms with Gasteiger partial charge in [0.2, 0.25) is 0 Å². The van der Waals surface area contributed by atoms with E-state index in [4.69, 9.17) is 9.84 Å². The number of rotatable bonds is 6. The number of aliphatic hydroxyl groups is 1. The van der Waals surface area contributed by atoms with Crippen molar-refractivity contribution in [3.05, 3.63) is 12.2 Å². The van der Waals surface area contributed by atoms with Gasteiger partial charge in [-0.15, -0.1) is 10.2 Å². The predicted molar refractivity (Wildman–Crippen MR) is 50.6 cm³/mol. The second-order valence-corrected chi connectivity index (χ2v) is 3.07. The minimum atomic E-state index is -0.0586. The van der Waals surface area contributed by atoms with Gasteiger partial charge < -0.3 is 19.7 Å². The molecule has 0 aliphatic heterocycles. The van der Waals surface area contributed by atoms with E-state index in [0.29, 0.717) is 13.2 Å². The second-order valence-electron chi connectivity index (χ2n) is 3.07. The van der Waals surface area contributed by atoms with E-state index in [0.717, 1.165) is 5.82 Å². The molecule has 0 bridgehead atoms. The summed E-state index contributed by atoms with van der Waals surface area (Å²) in [5.74, 6) is 0.833. The van der Waals surface area contributed by atoms with Crippen LogP contribution < -0.4 is 5.32 Å². The fourth-order valence-electron chi connectivity index (χ4n) is 1.08. The van der Waals surface area contributed by atoms with Gasteiger partial charge >= 0.3 is 0 Å². The van der Waals surface area contributed by atoms with Gasteiger partial charge in [-0.3, -0.25) is 0 Å². The fourth-order valence-corrected chi connectivity index (χ4v) is 1.08. The lowest BCUT2D eigenvalue weighted by Crippen LogP contribution is -2.36. The number of aromatic nitrogens is 3. The summed E-state index contributed by atoms with van der Waals surface area (Å²) in [6.07, 6.45) is 1.64. The molecule has 80 valence electrons. The quantitative estimate of drug-likeness (QED) is 0.610. The molecule has 1 rings (SSSR count). The first-order valence-electron chi connectivity index (χ1n) is 4.44. The minimum Gasteiger partial charge on any atom is -0.395 e. The molecule has 6 heteroatoms. The van der Waals surface area contributed by atoms with Crippen LogP contribution in [-0.4, -0.2) is 46.2 Å². The molecule has 1 unspecified atom stereocenters. The average molecular weight is 200 g/mol. The van der Waals surface area contributed by atoms with Crippen molar-refractivity contribution in [2.24, 2.45) is 7.05 Å². The number of ether oxygens (including phenoxy) is 1. The van der Waals surface area contributed by atoms with Crippen molar-refractivity contribution in [3.8, 4) is 0 Å². The summed E-state index contributed by atoms with van der Waals surface area (Å²) in [7, 11) is 3.48. The normalized spacial score (nSPS) is 13.1. The molecular weight excluding hydrogens is 184 g/mol. The van der Waals surface area contributed by atoms with Gasteiger partial charge in [0.05, 0.1) is 25.8 Å². The van der Waals surface area contributed by atoms with Crippen LogP contribution in [0, 0.1) is 0 Å². The Hall–Kier alpha value is -0.980. The first kappa shape index (κ1) is 11.1. The predicted octanol–water partition coefficient (Wildman–Crippen LogP) is -1.09. The Morgan fingerprint density at radius 2 is 2.50 bits per heavy atom. The Kier molecular flexibility index (Phi) is 4.51. The van der Waals surface area contributed by atoms with Gasteiger partial charge in [-0.1, -0.05) is 0 Å². The minimum absolute atomic E-state index is 0.0473. The first-order valence-corrected chi connectivity index (χ1v) is 4.44. The first-order chi connectivity index (χ1) is 6.77. The van der Waals surface area contributed by atoms with Crippen LogP contribution in [0.15, 0.2) is 6.33 Å². The number of aryl methyl sites for hydroxylation is 1. The molecule has 0 aromatic carbocycles. The number of nitrogens with zero attached hydrogens (tertiary/aromatic N) is 3. The van der Waals surface area contributed by atoms with Gasteiger partial charge in [-0.05, 0) is 0 Å². The van der Waals surface area contributed by atoms with Gasteiger partial charge in [-0.25, -0.2) is 0 Å². The average Bonchev–Trinajstić information content (AvgIpc) is 2.59. The van der Waals surface area contributed by atoms with Crippen molar-refractivity contribution in [2.45, 2.75) is 12.6 Å². The standard InChI is InChI=1S/C8H16N4O2/c1-12-6-10-11-8(12)3-9-7(4-13)5-14-2/h6-7,9,13H,3-5H2,1-2H3. The summed E-state index contributed by atoms with van der Waals surface area (Å²) in [6.45, 7) is 1.10. The maximum Gasteiger partial charge on any atom is 0.146 e. The molecule has 1 atom stereocenters. The molecular formula is C8H16N4O2. The number of nitrogens with one attached hydrogen (secondary N) is 1. The van der Waals surface area contributed by atoms with Gasteiger partial charge in [0.15, 0.2) is 0 Å². The summed E-state index contributed by atoms with van der Waals surface area (Å²) in [6, 6.07) is -0.0586. The number of hydrogen-bond acceptors (Lipinski definition) is 5. The van der Waals surface area contributed by atoms with Crippen LogP contribution in [0.5, 0.6) is 0 Å². The van der Waals surface area contributed by atoms with E-state index < -0.39 is 0 Å². The molecule has 14 heavy (non-hydrogen) atoms. The van der Waals surface area contributed by atoms with E-state index in [1.54, 1.807) is 13.4 Å². The summed E-state index contributed by atoms with van der Waals surface area (Å²) in [5, 5.41) is 19.7. The molecule has 0 saturated heterocycles. The van der Waals surface area contributed by atoms with Crippen LogP contribution in [0.2, 0.25) is 0 Å². The third-order valence-corrected chi connectivity index (χ3v) is 1.94. The maximum atomic E-state index is 8.97. The van der Waals surface area contributed by atoms with Crippen LogP contribution in [0.1, 0.15) is 5.82 Å². The molecule has 0 aliphatic rings. The third kappa shape index (κ3) is 3.06. The molecule has 0 amide bonds. The molecule has 6 nitrogen and oxygen atoms in total. The largest absolute Gasteiger partial charge is 0.395 e. The van der Waals surface area contributed by atoms with Crippen LogP contribution in [-0.2, 0) is 18.3 Å². The zero-order valence-electron chi connectivity index (χ0n) is 8.47. The highest BCUT2D eigenvalue weighted by atomic mass is 16.5. The van der Waals surface area contributed by atoms with E-state index in [1.165, 1.54) is 0 Å². The summed E-state index contributed by atoms with van der Waals surface area (Å²) in [4.78, 5) is 0. The van der Waals surface area contributed by atoms with E-state index >= 15 is 0 Å². The van der Waals surface area contributed by atoms with Crippen LogP contribution in [0.3, 0.4) is 0 Å². The summed E-state index contributed by atoms with van der Waals surface area (Å²) < 4.78 is 6.76. The zero-order valence-corrected chi connectivity index (χ0v) is 8.47. The SMILES string of the molecule is COCC(CO)NCc1nncn1C. The van der Waals surface area contributed by atoms with E-state index in [-0.39, 0.29) is 12.6 Å². The van der Waals surface area contributed by atoms with Crippen molar-refractivity contribution in [2.75, 3.05) is 20.3 Å². The molecule has 1 heterocycles. The molecule has 0 spiro atoms. The Balaban J connectivity index is 2.35. The Bertz CT molecular complexity index is 264. The molecule has 0 fully saturated rings. The second kappa shape index (κ2) is 5.69. The Morgan fingerprint density at radius 1 is 1.71 bits per heavy atom. The highest BCUT2D eigenvalue weighted by Gasteiger charge is 2.07. The summed E-state index contributed by atoms with van der Waals surface area (Å²) in [5.41, 5.74) is 0. The van der Waals surface area contributed by atoms with Crippen molar-refractivity contribution >= 4 is 0 Å². The zero-order chi connectivity index (χ0) is 10.4. The monoisotopic (exact) mass is 200 g/mol. The number of aliphatic hydroxyl groups excluding tert-OH is 1. The molecule has 1 aromatic rings. The molecule has 2 N–H and O–H groups in total. The Labute approximate surface area is 82.9 Å². The van der Waals surface area contributed by atoms with Crippen molar-refractivity contribution < 1.29 is 9.84 Å². The Morgan fingerprint density at radius 3 is 3.00 bits per heavy atom. The van der Waals surface area contributed by atoms with Gasteiger partial charge in [0.25, 0.3) is 0 Å². The lowest BCUT2D eigenvalue weighted by molar-refractivity contribution is 0.127.